The molecule has 5 heteroatoms. The summed E-state index contributed by atoms with van der Waals surface area (Å²) < 4.78 is 5.43. The van der Waals surface area contributed by atoms with Crippen molar-refractivity contribution in [1.29, 1.82) is 0 Å². The molecule has 0 radical (unpaired) electrons. The van der Waals surface area contributed by atoms with Crippen LogP contribution < -0.4 is 10.1 Å². The first-order valence-electron chi connectivity index (χ1n) is 7.41. The third-order valence-corrected chi connectivity index (χ3v) is 3.64. The Kier molecular flexibility index (Phi) is 5.20. The molecule has 2 rings (SSSR count). The summed E-state index contributed by atoms with van der Waals surface area (Å²) in [6.07, 6.45) is 0.318. The highest BCUT2D eigenvalue weighted by atomic mass is 16.5. The van der Waals surface area contributed by atoms with Gasteiger partial charge in [-0.1, -0.05) is 12.1 Å². The zero-order valence-corrected chi connectivity index (χ0v) is 12.6. The van der Waals surface area contributed by atoms with Gasteiger partial charge in [0.05, 0.1) is 12.5 Å². The average molecular weight is 290 g/mol. The molecule has 1 unspecified atom stereocenters. The molecule has 1 N–H and O–H groups in total. The van der Waals surface area contributed by atoms with Gasteiger partial charge in [-0.15, -0.1) is 0 Å². The summed E-state index contributed by atoms with van der Waals surface area (Å²) in [7, 11) is 0. The number of carbonyl (C=O) groups is 2. The summed E-state index contributed by atoms with van der Waals surface area (Å²) in [6.45, 7) is 6.13. The lowest BCUT2D eigenvalue weighted by Gasteiger charge is -2.14. The summed E-state index contributed by atoms with van der Waals surface area (Å²) in [5.74, 6) is 0.585. The predicted octanol–water partition coefficient (Wildman–Crippen LogP) is 1.57. The Morgan fingerprint density at radius 3 is 2.90 bits per heavy atom. The molecule has 1 aromatic rings. The molecule has 0 aromatic heterocycles. The van der Waals surface area contributed by atoms with Crippen molar-refractivity contribution in [2.75, 3.05) is 19.7 Å². The Morgan fingerprint density at radius 2 is 2.24 bits per heavy atom. The zero-order valence-electron chi connectivity index (χ0n) is 12.6. The lowest BCUT2D eigenvalue weighted by molar-refractivity contribution is -0.128. The van der Waals surface area contributed by atoms with E-state index in [4.69, 9.17) is 4.74 Å². The highest BCUT2D eigenvalue weighted by Crippen LogP contribution is 2.18. The number of nitrogens with zero attached hydrogens (tertiary/aromatic N) is 1. The predicted molar refractivity (Wildman–Crippen MR) is 79.8 cm³/mol. The third kappa shape index (κ3) is 3.97. The number of rotatable bonds is 6. The van der Waals surface area contributed by atoms with Crippen LogP contribution in [0.15, 0.2) is 24.3 Å². The standard InChI is InChI=1S/C16H22N2O3/c1-3-18-11-13(9-15(18)19)16(20)17-10-12-6-5-7-14(8-12)21-4-2/h5-8,13H,3-4,9-11H2,1-2H3,(H,17,20). The van der Waals surface area contributed by atoms with Crippen LogP contribution in [-0.2, 0) is 16.1 Å². The van der Waals surface area contributed by atoms with E-state index in [9.17, 15) is 9.59 Å². The first-order valence-corrected chi connectivity index (χ1v) is 7.41. The maximum Gasteiger partial charge on any atom is 0.225 e. The van der Waals surface area contributed by atoms with Crippen LogP contribution in [0, 0.1) is 5.92 Å². The smallest absolute Gasteiger partial charge is 0.225 e. The van der Waals surface area contributed by atoms with Crippen molar-refractivity contribution in [1.82, 2.24) is 10.2 Å². The number of amides is 2. The van der Waals surface area contributed by atoms with Gasteiger partial charge in [-0.25, -0.2) is 0 Å². The number of likely N-dealkylation sites (tertiary alicyclic amines) is 1. The fourth-order valence-corrected chi connectivity index (χ4v) is 2.50. The van der Waals surface area contributed by atoms with E-state index in [2.05, 4.69) is 5.32 Å². The number of hydrogen-bond acceptors (Lipinski definition) is 3. The number of hydrogen-bond donors (Lipinski definition) is 1. The van der Waals surface area contributed by atoms with Crippen molar-refractivity contribution in [2.45, 2.75) is 26.8 Å². The van der Waals surface area contributed by atoms with Crippen molar-refractivity contribution >= 4 is 11.8 Å². The molecule has 1 heterocycles. The summed E-state index contributed by atoms with van der Waals surface area (Å²) in [5.41, 5.74) is 0.992. The normalized spacial score (nSPS) is 17.9. The van der Waals surface area contributed by atoms with Crippen LogP contribution in [0.4, 0.5) is 0 Å². The first kappa shape index (κ1) is 15.4. The Balaban J connectivity index is 1.87. The number of ether oxygens (including phenoxy) is 1. The number of carbonyl (C=O) groups excluding carboxylic acids is 2. The van der Waals surface area contributed by atoms with Gasteiger partial charge in [0.15, 0.2) is 0 Å². The highest BCUT2D eigenvalue weighted by molar-refractivity contribution is 5.89. The summed E-state index contributed by atoms with van der Waals surface area (Å²) in [5, 5.41) is 2.90. The van der Waals surface area contributed by atoms with Crippen molar-refractivity contribution < 1.29 is 14.3 Å². The second-order valence-electron chi connectivity index (χ2n) is 5.13. The molecule has 0 saturated carbocycles. The highest BCUT2D eigenvalue weighted by Gasteiger charge is 2.33. The SMILES string of the molecule is CCOc1cccc(CNC(=O)C2CC(=O)N(CC)C2)c1. The molecule has 114 valence electrons. The van der Waals surface area contributed by atoms with E-state index in [0.29, 0.717) is 32.7 Å². The maximum atomic E-state index is 12.1. The van der Waals surface area contributed by atoms with Crippen LogP contribution in [0.1, 0.15) is 25.8 Å². The largest absolute Gasteiger partial charge is 0.494 e. The molecule has 1 aliphatic rings. The van der Waals surface area contributed by atoms with Crippen LogP contribution >= 0.6 is 0 Å². The van der Waals surface area contributed by atoms with Crippen LogP contribution in [0.3, 0.4) is 0 Å². The van der Waals surface area contributed by atoms with Gasteiger partial charge in [0.25, 0.3) is 0 Å². The summed E-state index contributed by atoms with van der Waals surface area (Å²) in [6, 6.07) is 7.66. The number of benzene rings is 1. The van der Waals surface area contributed by atoms with E-state index < -0.39 is 0 Å². The average Bonchev–Trinajstić information content (AvgIpc) is 2.87. The minimum atomic E-state index is -0.229. The lowest BCUT2D eigenvalue weighted by atomic mass is 10.1. The lowest BCUT2D eigenvalue weighted by Crippen LogP contribution is -2.32. The minimum Gasteiger partial charge on any atom is -0.494 e. The second kappa shape index (κ2) is 7.11. The topological polar surface area (TPSA) is 58.6 Å². The molecule has 0 bridgehead atoms. The van der Waals surface area contributed by atoms with Crippen molar-refractivity contribution in [3.8, 4) is 5.75 Å². The van der Waals surface area contributed by atoms with E-state index in [1.54, 1.807) is 4.90 Å². The van der Waals surface area contributed by atoms with Crippen molar-refractivity contribution in [2.24, 2.45) is 5.92 Å². The third-order valence-electron chi connectivity index (χ3n) is 3.64. The monoisotopic (exact) mass is 290 g/mol. The Hall–Kier alpha value is -2.04. The molecular formula is C16H22N2O3. The van der Waals surface area contributed by atoms with E-state index >= 15 is 0 Å². The number of nitrogens with one attached hydrogen (secondary N) is 1. The van der Waals surface area contributed by atoms with Gasteiger partial charge in [-0.05, 0) is 31.5 Å². The second-order valence-corrected chi connectivity index (χ2v) is 5.13. The molecule has 2 amide bonds. The zero-order chi connectivity index (χ0) is 15.2. The van der Waals surface area contributed by atoms with E-state index in [-0.39, 0.29) is 17.7 Å². The van der Waals surface area contributed by atoms with E-state index in [1.165, 1.54) is 0 Å². The Bertz CT molecular complexity index is 516. The van der Waals surface area contributed by atoms with Gasteiger partial charge in [0.1, 0.15) is 5.75 Å². The van der Waals surface area contributed by atoms with Crippen LogP contribution in [0.5, 0.6) is 5.75 Å². The van der Waals surface area contributed by atoms with Gasteiger partial charge in [-0.3, -0.25) is 9.59 Å². The minimum absolute atomic E-state index is 0.0545. The van der Waals surface area contributed by atoms with Gasteiger partial charge < -0.3 is 15.0 Å². The van der Waals surface area contributed by atoms with Gasteiger partial charge in [-0.2, -0.15) is 0 Å². The first-order chi connectivity index (χ1) is 10.1. The summed E-state index contributed by atoms with van der Waals surface area (Å²) in [4.78, 5) is 25.5. The van der Waals surface area contributed by atoms with Crippen LogP contribution in [0.25, 0.3) is 0 Å². The van der Waals surface area contributed by atoms with Crippen molar-refractivity contribution in [3.63, 3.8) is 0 Å². The van der Waals surface area contributed by atoms with Gasteiger partial charge >= 0.3 is 0 Å². The van der Waals surface area contributed by atoms with E-state index in [0.717, 1.165) is 11.3 Å². The Labute approximate surface area is 125 Å². The van der Waals surface area contributed by atoms with Crippen molar-refractivity contribution in [3.05, 3.63) is 29.8 Å². The molecule has 1 fully saturated rings. The quantitative estimate of drug-likeness (QED) is 0.865. The Morgan fingerprint density at radius 1 is 1.43 bits per heavy atom. The molecule has 21 heavy (non-hydrogen) atoms. The molecular weight excluding hydrogens is 268 g/mol. The van der Waals surface area contributed by atoms with Gasteiger partial charge in [0.2, 0.25) is 11.8 Å². The summed E-state index contributed by atoms with van der Waals surface area (Å²) >= 11 is 0. The fourth-order valence-electron chi connectivity index (χ4n) is 2.50. The molecule has 1 aromatic carbocycles. The molecule has 0 aliphatic carbocycles. The molecule has 1 atom stereocenters. The maximum absolute atomic E-state index is 12.1. The molecule has 5 nitrogen and oxygen atoms in total. The van der Waals surface area contributed by atoms with Gasteiger partial charge in [0, 0.05) is 26.1 Å². The molecule has 1 aliphatic heterocycles. The fraction of sp³-hybridized carbons (Fsp3) is 0.500. The van der Waals surface area contributed by atoms with Crippen LogP contribution in [0.2, 0.25) is 0 Å². The van der Waals surface area contributed by atoms with Crippen LogP contribution in [-0.4, -0.2) is 36.4 Å². The van der Waals surface area contributed by atoms with E-state index in [1.807, 2.05) is 38.1 Å². The molecule has 0 spiro atoms. The molecule has 1 saturated heterocycles.